The van der Waals surface area contributed by atoms with Crippen LogP contribution in [-0.2, 0) is 16.3 Å². The van der Waals surface area contributed by atoms with Crippen LogP contribution in [-0.4, -0.2) is 20.7 Å². The molecule has 0 aromatic heterocycles. The SMILES string of the molecule is O=C([O-])N/N=C/c1ccccc1OS(=O)(=O)c1ccc(C(F)(F)F)cc1. The molecule has 0 fully saturated rings. The second-order valence-electron chi connectivity index (χ2n) is 4.75. The normalized spacial score (nSPS) is 12.1. The zero-order chi connectivity index (χ0) is 19.4. The Morgan fingerprint density at radius 1 is 1.12 bits per heavy atom. The van der Waals surface area contributed by atoms with E-state index in [1.807, 2.05) is 0 Å². The monoisotopic (exact) mass is 387 g/mol. The van der Waals surface area contributed by atoms with E-state index in [9.17, 15) is 31.5 Å². The van der Waals surface area contributed by atoms with Gasteiger partial charge in [-0.1, -0.05) is 12.1 Å². The van der Waals surface area contributed by atoms with Gasteiger partial charge < -0.3 is 14.1 Å². The Morgan fingerprint density at radius 3 is 2.31 bits per heavy atom. The molecular weight excluding hydrogens is 377 g/mol. The first-order valence-electron chi connectivity index (χ1n) is 6.80. The van der Waals surface area contributed by atoms with Gasteiger partial charge in [-0.05, 0) is 36.4 Å². The van der Waals surface area contributed by atoms with Crippen LogP contribution in [0.1, 0.15) is 11.1 Å². The van der Waals surface area contributed by atoms with E-state index in [0.29, 0.717) is 12.1 Å². The summed E-state index contributed by atoms with van der Waals surface area (Å²) in [7, 11) is -4.42. The Bertz CT molecular complexity index is 925. The second-order valence-corrected chi connectivity index (χ2v) is 6.30. The van der Waals surface area contributed by atoms with E-state index in [2.05, 4.69) is 5.10 Å². The topological polar surface area (TPSA) is 108 Å². The first-order chi connectivity index (χ1) is 12.1. The molecule has 0 spiro atoms. The van der Waals surface area contributed by atoms with Crippen LogP contribution in [0.2, 0.25) is 0 Å². The molecule has 2 aromatic carbocycles. The van der Waals surface area contributed by atoms with Crippen molar-refractivity contribution in [3.8, 4) is 5.75 Å². The van der Waals surface area contributed by atoms with Gasteiger partial charge in [-0.15, -0.1) is 0 Å². The minimum Gasteiger partial charge on any atom is -0.529 e. The average Bonchev–Trinajstić information content (AvgIpc) is 2.55. The number of hydrazone groups is 1. The van der Waals surface area contributed by atoms with Crippen molar-refractivity contribution in [2.75, 3.05) is 0 Å². The fraction of sp³-hybridized carbons (Fsp3) is 0.0667. The van der Waals surface area contributed by atoms with Crippen LogP contribution in [0.15, 0.2) is 58.5 Å². The standard InChI is InChI=1S/C15H11F3N2O5S/c16-15(17,18)11-5-7-12(8-6-11)26(23,24)25-13-4-2-1-3-10(13)9-19-20-14(21)22/h1-9,20H,(H,21,22)/p-1/b19-9+. The van der Waals surface area contributed by atoms with E-state index >= 15 is 0 Å². The lowest BCUT2D eigenvalue weighted by Crippen LogP contribution is -2.32. The number of para-hydroxylation sites is 1. The quantitative estimate of drug-likeness (QED) is 0.478. The predicted molar refractivity (Wildman–Crippen MR) is 81.8 cm³/mol. The van der Waals surface area contributed by atoms with E-state index in [4.69, 9.17) is 4.18 Å². The predicted octanol–water partition coefficient (Wildman–Crippen LogP) is 1.74. The lowest BCUT2D eigenvalue weighted by atomic mass is 10.2. The van der Waals surface area contributed by atoms with Crippen molar-refractivity contribution in [2.45, 2.75) is 11.1 Å². The van der Waals surface area contributed by atoms with Gasteiger partial charge in [0.25, 0.3) is 0 Å². The largest absolute Gasteiger partial charge is 0.529 e. The number of nitrogens with one attached hydrogen (secondary N) is 1. The summed E-state index contributed by atoms with van der Waals surface area (Å²) < 4.78 is 67.0. The van der Waals surface area contributed by atoms with Gasteiger partial charge in [-0.25, -0.2) is 0 Å². The van der Waals surface area contributed by atoms with Gasteiger partial charge in [0.05, 0.1) is 11.8 Å². The molecule has 2 rings (SSSR count). The number of hydrogen-bond donors (Lipinski definition) is 1. The Labute approximate surface area is 145 Å². The molecule has 2 aromatic rings. The number of nitrogens with zero attached hydrogens (tertiary/aromatic N) is 1. The summed E-state index contributed by atoms with van der Waals surface area (Å²) in [6.07, 6.45) is -5.29. The van der Waals surface area contributed by atoms with Crippen molar-refractivity contribution in [3.63, 3.8) is 0 Å². The molecule has 0 saturated heterocycles. The highest BCUT2D eigenvalue weighted by Crippen LogP contribution is 2.30. The van der Waals surface area contributed by atoms with Gasteiger partial charge in [0.1, 0.15) is 4.90 Å². The molecule has 1 N–H and O–H groups in total. The maximum atomic E-state index is 12.5. The molecular formula is C15H10F3N2O5S-. The molecule has 0 radical (unpaired) electrons. The molecule has 0 atom stereocenters. The number of hydrogen-bond acceptors (Lipinski definition) is 6. The molecule has 0 aliphatic carbocycles. The Morgan fingerprint density at radius 2 is 1.73 bits per heavy atom. The summed E-state index contributed by atoms with van der Waals surface area (Å²) in [6.45, 7) is 0. The van der Waals surface area contributed by atoms with E-state index in [1.54, 1.807) is 5.43 Å². The molecule has 0 bridgehead atoms. The van der Waals surface area contributed by atoms with Crippen LogP contribution in [0.25, 0.3) is 0 Å². The number of alkyl halides is 3. The van der Waals surface area contributed by atoms with E-state index in [1.165, 1.54) is 24.3 Å². The van der Waals surface area contributed by atoms with Gasteiger partial charge >= 0.3 is 16.3 Å². The van der Waals surface area contributed by atoms with Crippen molar-refractivity contribution in [1.29, 1.82) is 0 Å². The molecule has 26 heavy (non-hydrogen) atoms. The summed E-state index contributed by atoms with van der Waals surface area (Å²) in [4.78, 5) is 9.76. The molecule has 0 saturated carbocycles. The summed E-state index contributed by atoms with van der Waals surface area (Å²) in [6, 6.07) is 8.39. The summed E-state index contributed by atoms with van der Waals surface area (Å²) in [5.74, 6) is -0.198. The maximum Gasteiger partial charge on any atom is 0.416 e. The number of benzene rings is 2. The molecule has 0 unspecified atom stereocenters. The van der Waals surface area contributed by atoms with Gasteiger partial charge in [-0.2, -0.15) is 26.7 Å². The third-order valence-corrected chi connectivity index (χ3v) is 4.20. The smallest absolute Gasteiger partial charge is 0.416 e. The maximum absolute atomic E-state index is 12.5. The number of amides is 1. The molecule has 11 heteroatoms. The first-order valence-corrected chi connectivity index (χ1v) is 8.21. The Balaban J connectivity index is 2.27. The zero-order valence-corrected chi connectivity index (χ0v) is 13.5. The van der Waals surface area contributed by atoms with Crippen LogP contribution in [0.5, 0.6) is 5.75 Å². The highest BCUT2D eigenvalue weighted by atomic mass is 32.2. The molecule has 0 aliphatic heterocycles. The molecule has 0 heterocycles. The van der Waals surface area contributed by atoms with Crippen LogP contribution in [0, 0.1) is 0 Å². The van der Waals surface area contributed by atoms with E-state index in [-0.39, 0.29) is 11.3 Å². The fourth-order valence-electron chi connectivity index (χ4n) is 1.79. The van der Waals surface area contributed by atoms with Crippen molar-refractivity contribution >= 4 is 22.4 Å². The molecule has 0 aliphatic rings. The number of carbonyl (C=O) groups excluding carboxylic acids is 1. The first kappa shape index (κ1) is 19.2. The van der Waals surface area contributed by atoms with Crippen molar-refractivity contribution < 1.29 is 35.7 Å². The lowest BCUT2D eigenvalue weighted by molar-refractivity contribution is -0.250. The van der Waals surface area contributed by atoms with Crippen molar-refractivity contribution in [3.05, 3.63) is 59.7 Å². The number of carboxylic acid groups (broad SMARTS) is 1. The fourth-order valence-corrected chi connectivity index (χ4v) is 2.75. The van der Waals surface area contributed by atoms with Gasteiger partial charge in [0, 0.05) is 5.56 Å². The van der Waals surface area contributed by atoms with Crippen LogP contribution >= 0.6 is 0 Å². The second kappa shape index (κ2) is 7.44. The molecule has 7 nitrogen and oxygen atoms in total. The zero-order valence-electron chi connectivity index (χ0n) is 12.7. The lowest BCUT2D eigenvalue weighted by Gasteiger charge is -2.11. The third-order valence-electron chi connectivity index (χ3n) is 2.95. The highest BCUT2D eigenvalue weighted by Gasteiger charge is 2.31. The third kappa shape index (κ3) is 4.96. The molecule has 1 amide bonds. The van der Waals surface area contributed by atoms with Gasteiger partial charge in [0.2, 0.25) is 0 Å². The Hall–Kier alpha value is -3.08. The van der Waals surface area contributed by atoms with E-state index < -0.39 is 32.8 Å². The average molecular weight is 387 g/mol. The number of halogens is 3. The van der Waals surface area contributed by atoms with Gasteiger partial charge in [-0.3, -0.25) is 5.43 Å². The van der Waals surface area contributed by atoms with Gasteiger partial charge in [0.15, 0.2) is 11.8 Å². The van der Waals surface area contributed by atoms with E-state index in [0.717, 1.165) is 18.3 Å². The molecule has 138 valence electrons. The highest BCUT2D eigenvalue weighted by molar-refractivity contribution is 7.87. The van der Waals surface area contributed by atoms with Crippen molar-refractivity contribution in [2.24, 2.45) is 5.10 Å². The summed E-state index contributed by atoms with van der Waals surface area (Å²) >= 11 is 0. The minimum absolute atomic E-state index is 0.108. The number of rotatable bonds is 5. The van der Waals surface area contributed by atoms with Crippen molar-refractivity contribution in [1.82, 2.24) is 5.43 Å². The van der Waals surface area contributed by atoms with Crippen LogP contribution in [0.3, 0.4) is 0 Å². The minimum atomic E-state index is -4.60. The number of carbonyl (C=O) groups is 1. The summed E-state index contributed by atoms with van der Waals surface area (Å²) in [5, 5.41) is 13.5. The van der Waals surface area contributed by atoms with Crippen LogP contribution < -0.4 is 14.7 Å². The Kier molecular flexibility index (Phi) is 5.50. The summed E-state index contributed by atoms with van der Waals surface area (Å²) in [5.41, 5.74) is 0.705. The van der Waals surface area contributed by atoms with Crippen LogP contribution in [0.4, 0.5) is 18.0 Å².